The highest BCUT2D eigenvalue weighted by Gasteiger charge is 2.32. The number of aromatic nitrogens is 2. The molecule has 0 saturated carbocycles. The van der Waals surface area contributed by atoms with Gasteiger partial charge in [-0.25, -0.2) is 12.4 Å². The average molecular weight is 394 g/mol. The lowest BCUT2D eigenvalue weighted by molar-refractivity contribution is 0.590. The number of hydrogen-bond acceptors (Lipinski definition) is 2. The highest BCUT2D eigenvalue weighted by molar-refractivity contribution is 7.90. The number of rotatable bonds is 0. The fourth-order valence-corrected chi connectivity index (χ4v) is 6.63. The Labute approximate surface area is 166 Å². The van der Waals surface area contributed by atoms with Gasteiger partial charge in [0.1, 0.15) is 4.90 Å². The van der Waals surface area contributed by atoms with Gasteiger partial charge < -0.3 is 4.57 Å². The van der Waals surface area contributed by atoms with E-state index in [4.69, 9.17) is 0 Å². The van der Waals surface area contributed by atoms with Crippen LogP contribution in [0.5, 0.6) is 0 Å². The molecule has 0 atom stereocenters. The average Bonchev–Trinajstić information content (AvgIpc) is 3.24. The quantitative estimate of drug-likeness (QED) is 0.344. The van der Waals surface area contributed by atoms with Gasteiger partial charge in [0.2, 0.25) is 0 Å². The van der Waals surface area contributed by atoms with E-state index in [1.807, 2.05) is 48.5 Å². The summed E-state index contributed by atoms with van der Waals surface area (Å²) in [5.41, 5.74) is 4.10. The molecule has 0 saturated heterocycles. The third-order valence-electron chi connectivity index (χ3n) is 6.05. The largest absolute Gasteiger partial charge is 0.306 e. The van der Waals surface area contributed by atoms with Gasteiger partial charge in [-0.1, -0.05) is 60.7 Å². The van der Waals surface area contributed by atoms with Crippen molar-refractivity contribution in [1.29, 1.82) is 0 Å². The van der Waals surface area contributed by atoms with Gasteiger partial charge in [-0.2, -0.15) is 0 Å². The van der Waals surface area contributed by atoms with E-state index in [9.17, 15) is 8.42 Å². The van der Waals surface area contributed by atoms with Crippen LogP contribution in [0.2, 0.25) is 0 Å². The van der Waals surface area contributed by atoms with Gasteiger partial charge in [0, 0.05) is 21.5 Å². The van der Waals surface area contributed by atoms with E-state index >= 15 is 0 Å². The second kappa shape index (κ2) is 4.88. The summed E-state index contributed by atoms with van der Waals surface area (Å²) >= 11 is 0. The van der Waals surface area contributed by atoms with Crippen molar-refractivity contribution in [3.05, 3.63) is 84.9 Å². The van der Waals surface area contributed by atoms with E-state index in [0.717, 1.165) is 38.1 Å². The van der Waals surface area contributed by atoms with Crippen molar-refractivity contribution < 1.29 is 8.42 Å². The highest BCUT2D eigenvalue weighted by atomic mass is 32.2. The van der Waals surface area contributed by atoms with E-state index in [1.165, 1.54) is 0 Å². The van der Waals surface area contributed by atoms with Crippen molar-refractivity contribution in [1.82, 2.24) is 8.54 Å². The molecule has 2 aromatic heterocycles. The predicted octanol–water partition coefficient (Wildman–Crippen LogP) is 5.44. The molecular formula is C24H14N2O2S. The minimum absolute atomic E-state index is 0.321. The van der Waals surface area contributed by atoms with Crippen molar-refractivity contribution in [2.45, 2.75) is 4.90 Å². The Morgan fingerprint density at radius 3 is 1.93 bits per heavy atom. The molecule has 7 rings (SSSR count). The lowest BCUT2D eigenvalue weighted by atomic mass is 10.1. The normalized spacial score (nSPS) is 14.8. The second-order valence-corrected chi connectivity index (χ2v) is 9.22. The van der Waals surface area contributed by atoms with Gasteiger partial charge >= 0.3 is 0 Å². The molecule has 4 aromatic carbocycles. The Morgan fingerprint density at radius 2 is 1.14 bits per heavy atom. The van der Waals surface area contributed by atoms with Crippen molar-refractivity contribution in [2.24, 2.45) is 0 Å². The van der Waals surface area contributed by atoms with Gasteiger partial charge in [-0.05, 0) is 24.3 Å². The molecule has 138 valence electrons. The summed E-state index contributed by atoms with van der Waals surface area (Å²) in [4.78, 5) is 0.321. The topological polar surface area (TPSA) is 44.0 Å². The maximum Gasteiger partial charge on any atom is 0.270 e. The molecule has 0 radical (unpaired) electrons. The zero-order chi connectivity index (χ0) is 19.3. The van der Waals surface area contributed by atoms with Gasteiger partial charge in [-0.15, -0.1) is 0 Å². The first kappa shape index (κ1) is 15.4. The highest BCUT2D eigenvalue weighted by Crippen LogP contribution is 2.44. The van der Waals surface area contributed by atoms with E-state index in [2.05, 4.69) is 28.8 Å². The lowest BCUT2D eigenvalue weighted by Crippen LogP contribution is -2.13. The molecule has 4 nitrogen and oxygen atoms in total. The maximum atomic E-state index is 13.9. The molecule has 0 aliphatic carbocycles. The minimum Gasteiger partial charge on any atom is -0.306 e. The molecule has 0 amide bonds. The van der Waals surface area contributed by atoms with E-state index in [-0.39, 0.29) is 0 Å². The fraction of sp³-hybridized carbons (Fsp3) is 0. The molecule has 3 heterocycles. The third kappa shape index (κ3) is 1.65. The van der Waals surface area contributed by atoms with Crippen LogP contribution >= 0.6 is 0 Å². The second-order valence-electron chi connectivity index (χ2n) is 7.46. The molecule has 0 N–H and O–H groups in total. The van der Waals surface area contributed by atoms with Gasteiger partial charge in [0.25, 0.3) is 10.0 Å². The third-order valence-corrected chi connectivity index (χ3v) is 7.81. The number of benzene rings is 4. The zero-order valence-corrected chi connectivity index (χ0v) is 16.0. The monoisotopic (exact) mass is 394 g/mol. The van der Waals surface area contributed by atoms with Gasteiger partial charge in [-0.3, -0.25) is 0 Å². The van der Waals surface area contributed by atoms with Crippen LogP contribution in [-0.4, -0.2) is 17.0 Å². The minimum atomic E-state index is -3.77. The number of fused-ring (bicyclic) bond motifs is 8. The first-order valence-electron chi connectivity index (χ1n) is 9.48. The Hall–Kier alpha value is -3.57. The first-order valence-corrected chi connectivity index (χ1v) is 10.9. The van der Waals surface area contributed by atoms with Crippen LogP contribution in [0.15, 0.2) is 89.8 Å². The molecule has 1 aliphatic rings. The van der Waals surface area contributed by atoms with Crippen LogP contribution in [0, 0.1) is 0 Å². The molecule has 0 bridgehead atoms. The van der Waals surface area contributed by atoms with Gasteiger partial charge in [0.15, 0.2) is 0 Å². The first-order chi connectivity index (χ1) is 14.2. The van der Waals surface area contributed by atoms with Crippen LogP contribution in [0.1, 0.15) is 0 Å². The lowest BCUT2D eigenvalue weighted by Gasteiger charge is -2.11. The number of hydrogen-bond donors (Lipinski definition) is 0. The summed E-state index contributed by atoms with van der Waals surface area (Å²) in [7, 11) is -3.77. The van der Waals surface area contributed by atoms with Crippen molar-refractivity contribution in [3.8, 4) is 5.69 Å². The standard InChI is InChI=1S/C24H14N2O2S/c27-29(28)22-12-6-5-11-21(22)25-19-9-3-1-7-15(19)17-13-14-18-16-8-2-4-10-20(16)26(29)24(18)23(17)25/h1-14H. The molecule has 0 unspecified atom stereocenters. The zero-order valence-electron chi connectivity index (χ0n) is 15.2. The molecule has 0 fully saturated rings. The van der Waals surface area contributed by atoms with Crippen LogP contribution in [0.3, 0.4) is 0 Å². The van der Waals surface area contributed by atoms with Crippen LogP contribution in [0.4, 0.5) is 0 Å². The maximum absolute atomic E-state index is 13.9. The summed E-state index contributed by atoms with van der Waals surface area (Å²) in [6.07, 6.45) is 0. The Kier molecular flexibility index (Phi) is 2.58. The summed E-state index contributed by atoms with van der Waals surface area (Å²) in [6, 6.07) is 27.4. The summed E-state index contributed by atoms with van der Waals surface area (Å²) in [5, 5.41) is 4.08. The van der Waals surface area contributed by atoms with Crippen LogP contribution in [0.25, 0.3) is 49.3 Å². The Morgan fingerprint density at radius 1 is 0.552 bits per heavy atom. The van der Waals surface area contributed by atoms with Crippen molar-refractivity contribution in [2.75, 3.05) is 0 Å². The Balaban J connectivity index is 1.96. The number of para-hydroxylation sites is 3. The van der Waals surface area contributed by atoms with Gasteiger partial charge in [0.05, 0.1) is 27.8 Å². The molecule has 6 aromatic rings. The van der Waals surface area contributed by atoms with Crippen LogP contribution < -0.4 is 0 Å². The van der Waals surface area contributed by atoms with E-state index < -0.39 is 10.0 Å². The summed E-state index contributed by atoms with van der Waals surface area (Å²) < 4.78 is 31.5. The van der Waals surface area contributed by atoms with Crippen LogP contribution in [-0.2, 0) is 10.0 Å². The molecule has 29 heavy (non-hydrogen) atoms. The predicted molar refractivity (Wildman–Crippen MR) is 116 cm³/mol. The molecule has 5 heteroatoms. The fourth-order valence-electron chi connectivity index (χ4n) is 4.92. The molecular weight excluding hydrogens is 380 g/mol. The number of nitrogens with zero attached hydrogens (tertiary/aromatic N) is 2. The molecule has 0 spiro atoms. The summed E-state index contributed by atoms with van der Waals surface area (Å²) in [6.45, 7) is 0. The van der Waals surface area contributed by atoms with E-state index in [1.54, 1.807) is 16.1 Å². The van der Waals surface area contributed by atoms with Crippen molar-refractivity contribution >= 4 is 53.6 Å². The van der Waals surface area contributed by atoms with Crippen molar-refractivity contribution in [3.63, 3.8) is 0 Å². The molecule has 1 aliphatic heterocycles. The Bertz CT molecular complexity index is 1770. The summed E-state index contributed by atoms with van der Waals surface area (Å²) in [5.74, 6) is 0. The van der Waals surface area contributed by atoms with E-state index in [0.29, 0.717) is 16.1 Å². The SMILES string of the molecule is O=S1(=O)c2ccccc2-n2c3ccccc3c3ccc4c5ccccc5n1c4c32. The smallest absolute Gasteiger partial charge is 0.270 e.